The molecule has 192 valence electrons. The van der Waals surface area contributed by atoms with Crippen molar-refractivity contribution in [3.8, 4) is 11.3 Å². The molecule has 1 aromatic carbocycles. The quantitative estimate of drug-likeness (QED) is 0.434. The molecule has 4 heterocycles. The van der Waals surface area contributed by atoms with E-state index in [2.05, 4.69) is 34.1 Å². The number of fused-ring (bicyclic) bond motifs is 2. The number of rotatable bonds is 5. The van der Waals surface area contributed by atoms with Crippen molar-refractivity contribution in [2.45, 2.75) is 50.5 Å². The zero-order valence-corrected chi connectivity index (χ0v) is 21.0. The predicted octanol–water partition coefficient (Wildman–Crippen LogP) is 4.16. The Morgan fingerprint density at radius 1 is 1.13 bits per heavy atom. The Hall–Kier alpha value is -4.14. The minimum Gasteiger partial charge on any atom is -0.369 e. The first-order valence-electron chi connectivity index (χ1n) is 13.1. The van der Waals surface area contributed by atoms with Gasteiger partial charge in [0.1, 0.15) is 11.5 Å². The van der Waals surface area contributed by atoms with Gasteiger partial charge >= 0.3 is 0 Å². The summed E-state index contributed by atoms with van der Waals surface area (Å²) in [4.78, 5) is 36.1. The molecule has 3 aromatic heterocycles. The highest BCUT2D eigenvalue weighted by Gasteiger charge is 2.44. The average Bonchev–Trinajstić information content (AvgIpc) is 3.84. The van der Waals surface area contributed by atoms with Gasteiger partial charge in [-0.25, -0.2) is 13.9 Å². The first-order valence-corrected chi connectivity index (χ1v) is 13.1. The Morgan fingerprint density at radius 3 is 2.68 bits per heavy atom. The summed E-state index contributed by atoms with van der Waals surface area (Å²) in [5, 5.41) is 4.67. The number of amides is 2. The standard InChI is InChI=1S/C29H27FN6O2/c1-15-18-5-3-2-4-16(18)8-9-35(15)29(38)25-12-26(17-6-7-17)36-27(33-25)13-24(34-36)21-14-32-23(11-22(21)30)19-10-20(19)28(31)37/h2-5,11-15,17,19-20H,6-10H2,1H3,(H2,31,37)/t15-,19?,20?/m1/s1. The first-order chi connectivity index (χ1) is 18.4. The Morgan fingerprint density at radius 2 is 1.95 bits per heavy atom. The molecule has 0 saturated heterocycles. The number of nitrogens with two attached hydrogens (primary N) is 1. The third-order valence-electron chi connectivity index (χ3n) is 8.21. The molecule has 1 aliphatic heterocycles. The molecule has 2 saturated carbocycles. The van der Waals surface area contributed by atoms with Gasteiger partial charge < -0.3 is 10.6 Å². The van der Waals surface area contributed by atoms with E-state index in [0.717, 1.165) is 25.0 Å². The van der Waals surface area contributed by atoms with Crippen LogP contribution in [0.5, 0.6) is 0 Å². The van der Waals surface area contributed by atoms with Gasteiger partial charge in [-0.15, -0.1) is 0 Å². The summed E-state index contributed by atoms with van der Waals surface area (Å²) in [5.41, 5.74) is 10.8. The molecular weight excluding hydrogens is 483 g/mol. The Labute approximate surface area is 218 Å². The second-order valence-corrected chi connectivity index (χ2v) is 10.7. The molecule has 2 aliphatic carbocycles. The maximum absolute atomic E-state index is 15.2. The molecule has 2 unspecified atom stereocenters. The predicted molar refractivity (Wildman–Crippen MR) is 138 cm³/mol. The summed E-state index contributed by atoms with van der Waals surface area (Å²) in [5.74, 6) is -1.05. The van der Waals surface area contributed by atoms with Gasteiger partial charge in [-0.05, 0) is 55.9 Å². The lowest BCUT2D eigenvalue weighted by Crippen LogP contribution is -2.39. The smallest absolute Gasteiger partial charge is 0.273 e. The molecule has 2 amide bonds. The van der Waals surface area contributed by atoms with Crippen molar-refractivity contribution in [1.82, 2.24) is 24.5 Å². The normalized spacial score (nSPS) is 22.4. The number of primary amides is 1. The SMILES string of the molecule is C[C@@H]1c2ccccc2CCN1C(=O)c1cc(C2CC2)n2nc(-c3cnc(C4CC4C(N)=O)cc3F)cc2n1. The van der Waals surface area contributed by atoms with Gasteiger partial charge in [-0.3, -0.25) is 14.6 Å². The van der Waals surface area contributed by atoms with Crippen LogP contribution in [-0.4, -0.2) is 42.8 Å². The Balaban J connectivity index is 1.23. The number of hydrogen-bond donors (Lipinski definition) is 1. The number of carbonyl (C=O) groups is 2. The second-order valence-electron chi connectivity index (χ2n) is 10.7. The molecule has 2 fully saturated rings. The monoisotopic (exact) mass is 510 g/mol. The lowest BCUT2D eigenvalue weighted by Gasteiger charge is -2.35. The van der Waals surface area contributed by atoms with E-state index in [1.807, 2.05) is 23.1 Å². The highest BCUT2D eigenvalue weighted by Crippen LogP contribution is 2.47. The largest absolute Gasteiger partial charge is 0.369 e. The van der Waals surface area contributed by atoms with Crippen LogP contribution < -0.4 is 5.73 Å². The van der Waals surface area contributed by atoms with E-state index in [1.165, 1.54) is 23.4 Å². The molecule has 0 radical (unpaired) electrons. The minimum atomic E-state index is -0.460. The summed E-state index contributed by atoms with van der Waals surface area (Å²) in [6.07, 6.45) is 4.90. The fraction of sp³-hybridized carbons (Fsp3) is 0.345. The zero-order valence-electron chi connectivity index (χ0n) is 21.0. The van der Waals surface area contributed by atoms with Gasteiger partial charge in [0, 0.05) is 47.9 Å². The van der Waals surface area contributed by atoms with Crippen LogP contribution in [0.4, 0.5) is 4.39 Å². The van der Waals surface area contributed by atoms with E-state index in [0.29, 0.717) is 41.6 Å². The number of pyridine rings is 1. The molecule has 8 nitrogen and oxygen atoms in total. The number of benzene rings is 1. The maximum Gasteiger partial charge on any atom is 0.273 e. The molecule has 7 rings (SSSR count). The summed E-state index contributed by atoms with van der Waals surface area (Å²) < 4.78 is 16.9. The van der Waals surface area contributed by atoms with Crippen LogP contribution in [0.3, 0.4) is 0 Å². The van der Waals surface area contributed by atoms with Crippen molar-refractivity contribution in [3.05, 3.63) is 82.7 Å². The Kier molecular flexibility index (Phi) is 5.11. The van der Waals surface area contributed by atoms with Crippen LogP contribution in [0, 0.1) is 11.7 Å². The van der Waals surface area contributed by atoms with Crippen molar-refractivity contribution >= 4 is 17.5 Å². The number of halogens is 1. The van der Waals surface area contributed by atoms with Crippen LogP contribution in [0.2, 0.25) is 0 Å². The van der Waals surface area contributed by atoms with Crippen LogP contribution in [-0.2, 0) is 11.2 Å². The number of carbonyl (C=O) groups excluding carboxylic acids is 2. The average molecular weight is 511 g/mol. The van der Waals surface area contributed by atoms with Gasteiger partial charge in [-0.1, -0.05) is 24.3 Å². The van der Waals surface area contributed by atoms with E-state index in [9.17, 15) is 9.59 Å². The van der Waals surface area contributed by atoms with E-state index in [4.69, 9.17) is 5.73 Å². The van der Waals surface area contributed by atoms with Crippen molar-refractivity contribution in [1.29, 1.82) is 0 Å². The number of hydrogen-bond acceptors (Lipinski definition) is 5. The topological polar surface area (TPSA) is 106 Å². The van der Waals surface area contributed by atoms with E-state index < -0.39 is 5.82 Å². The highest BCUT2D eigenvalue weighted by atomic mass is 19.1. The second kappa shape index (κ2) is 8.44. The molecule has 4 aromatic rings. The van der Waals surface area contributed by atoms with Crippen molar-refractivity contribution in [2.75, 3.05) is 6.54 Å². The van der Waals surface area contributed by atoms with Gasteiger partial charge in [0.2, 0.25) is 5.91 Å². The van der Waals surface area contributed by atoms with Gasteiger partial charge in [0.05, 0.1) is 17.3 Å². The molecule has 38 heavy (non-hydrogen) atoms. The Bertz CT molecular complexity index is 1630. The number of nitrogens with zero attached hydrogens (tertiary/aromatic N) is 5. The summed E-state index contributed by atoms with van der Waals surface area (Å²) in [7, 11) is 0. The fourth-order valence-corrected chi connectivity index (χ4v) is 5.78. The van der Waals surface area contributed by atoms with Crippen molar-refractivity contribution in [2.24, 2.45) is 11.7 Å². The molecule has 3 atom stereocenters. The van der Waals surface area contributed by atoms with Crippen LogP contribution in [0.25, 0.3) is 16.9 Å². The lowest BCUT2D eigenvalue weighted by atomic mass is 9.93. The summed E-state index contributed by atoms with van der Waals surface area (Å²) in [6, 6.07) is 13.1. The molecule has 0 spiro atoms. The fourth-order valence-electron chi connectivity index (χ4n) is 5.78. The van der Waals surface area contributed by atoms with Crippen molar-refractivity contribution < 1.29 is 14.0 Å². The lowest BCUT2D eigenvalue weighted by molar-refractivity contribution is -0.119. The van der Waals surface area contributed by atoms with Gasteiger partial charge in [-0.2, -0.15) is 5.10 Å². The zero-order chi connectivity index (χ0) is 26.1. The van der Waals surface area contributed by atoms with Crippen LogP contribution >= 0.6 is 0 Å². The maximum atomic E-state index is 15.2. The van der Waals surface area contributed by atoms with E-state index >= 15 is 4.39 Å². The molecule has 3 aliphatic rings. The molecular formula is C29H27FN6O2. The van der Waals surface area contributed by atoms with Crippen molar-refractivity contribution in [3.63, 3.8) is 0 Å². The minimum absolute atomic E-state index is 0.0466. The first kappa shape index (κ1) is 23.0. The van der Waals surface area contributed by atoms with Crippen LogP contribution in [0.1, 0.15) is 77.1 Å². The third kappa shape index (κ3) is 3.76. The van der Waals surface area contributed by atoms with E-state index in [1.54, 1.807) is 10.6 Å². The van der Waals surface area contributed by atoms with Gasteiger partial charge in [0.25, 0.3) is 5.91 Å². The molecule has 0 bridgehead atoms. The van der Waals surface area contributed by atoms with Crippen LogP contribution in [0.15, 0.2) is 48.7 Å². The molecule has 2 N–H and O–H groups in total. The van der Waals surface area contributed by atoms with Gasteiger partial charge in [0.15, 0.2) is 5.65 Å². The van der Waals surface area contributed by atoms with E-state index in [-0.39, 0.29) is 35.3 Å². The highest BCUT2D eigenvalue weighted by molar-refractivity contribution is 5.93. The summed E-state index contributed by atoms with van der Waals surface area (Å²) in [6.45, 7) is 2.69. The summed E-state index contributed by atoms with van der Waals surface area (Å²) >= 11 is 0. The molecule has 9 heteroatoms. The number of aromatic nitrogens is 4. The third-order valence-corrected chi connectivity index (χ3v) is 8.21.